The molecule has 1 aromatic heterocycles. The molecule has 0 spiro atoms. The Hall–Kier alpha value is -0.390. The lowest BCUT2D eigenvalue weighted by Gasteiger charge is -2.36. The molecule has 0 bridgehead atoms. The van der Waals surface area contributed by atoms with E-state index in [0.717, 1.165) is 23.0 Å². The predicted octanol–water partition coefficient (Wildman–Crippen LogP) is 2.32. The number of hydrogen-bond donors (Lipinski definition) is 2. The third-order valence-corrected chi connectivity index (χ3v) is 4.12. The molecule has 5 heteroatoms. The van der Waals surface area contributed by atoms with Gasteiger partial charge in [-0.15, -0.1) is 0 Å². The Kier molecular flexibility index (Phi) is 3.61. The van der Waals surface area contributed by atoms with E-state index in [0.29, 0.717) is 12.8 Å². The fraction of sp³-hybridized carbons (Fsp3) is 0.750. The number of nitrogens with two attached hydrogens (primary N) is 1. The minimum atomic E-state index is -0.782. The molecule has 1 fully saturated rings. The van der Waals surface area contributed by atoms with E-state index in [1.807, 2.05) is 4.68 Å². The van der Waals surface area contributed by atoms with Gasteiger partial charge in [0.2, 0.25) is 0 Å². The van der Waals surface area contributed by atoms with Crippen LogP contribution in [0.3, 0.4) is 0 Å². The SMILES string of the molecule is CC(C)n1ncc(Br)c1C1(O)CCC(N)CC1. The normalized spacial score (nSPS) is 29.9. The van der Waals surface area contributed by atoms with Gasteiger partial charge in [-0.1, -0.05) is 0 Å². The molecule has 1 aliphatic rings. The highest BCUT2D eigenvalue weighted by Crippen LogP contribution is 2.40. The fourth-order valence-corrected chi connectivity index (χ4v) is 3.17. The van der Waals surface area contributed by atoms with Gasteiger partial charge in [0.05, 0.1) is 16.4 Å². The molecule has 1 heterocycles. The molecule has 0 aliphatic heterocycles. The standard InChI is InChI=1S/C12H20BrN3O/c1-8(2)16-11(10(13)7-15-16)12(17)5-3-9(14)4-6-12/h7-9,17H,3-6,14H2,1-2H3. The van der Waals surface area contributed by atoms with Gasteiger partial charge in [0.15, 0.2) is 0 Å². The number of hydrogen-bond acceptors (Lipinski definition) is 3. The van der Waals surface area contributed by atoms with Crippen molar-refractivity contribution in [1.82, 2.24) is 9.78 Å². The van der Waals surface area contributed by atoms with Crippen LogP contribution in [0, 0.1) is 0 Å². The van der Waals surface area contributed by atoms with Gasteiger partial charge >= 0.3 is 0 Å². The van der Waals surface area contributed by atoms with E-state index in [1.54, 1.807) is 6.20 Å². The van der Waals surface area contributed by atoms with Crippen LogP contribution < -0.4 is 5.73 Å². The van der Waals surface area contributed by atoms with Crippen LogP contribution in [0.2, 0.25) is 0 Å². The summed E-state index contributed by atoms with van der Waals surface area (Å²) in [6.07, 6.45) is 4.93. The first kappa shape index (κ1) is 13.1. The summed E-state index contributed by atoms with van der Waals surface area (Å²) in [4.78, 5) is 0. The predicted molar refractivity (Wildman–Crippen MR) is 70.7 cm³/mol. The van der Waals surface area contributed by atoms with Crippen LogP contribution in [0.25, 0.3) is 0 Å². The molecule has 0 aromatic carbocycles. The van der Waals surface area contributed by atoms with Crippen LogP contribution in [0.15, 0.2) is 10.7 Å². The van der Waals surface area contributed by atoms with Crippen LogP contribution in [0.5, 0.6) is 0 Å². The van der Waals surface area contributed by atoms with Crippen LogP contribution in [-0.4, -0.2) is 20.9 Å². The first-order valence-electron chi connectivity index (χ1n) is 6.15. The van der Waals surface area contributed by atoms with Crippen LogP contribution in [0.4, 0.5) is 0 Å². The van der Waals surface area contributed by atoms with Crippen LogP contribution in [-0.2, 0) is 5.60 Å². The molecule has 1 saturated carbocycles. The molecule has 1 aromatic rings. The smallest absolute Gasteiger partial charge is 0.107 e. The van der Waals surface area contributed by atoms with Crippen molar-refractivity contribution in [3.05, 3.63) is 16.4 Å². The molecule has 1 aliphatic carbocycles. The second-order valence-corrected chi connectivity index (χ2v) is 6.10. The molecular formula is C12H20BrN3O. The van der Waals surface area contributed by atoms with Gasteiger partial charge < -0.3 is 10.8 Å². The maximum Gasteiger partial charge on any atom is 0.107 e. The van der Waals surface area contributed by atoms with Gasteiger partial charge in [-0.05, 0) is 55.5 Å². The average Bonchev–Trinajstić information content (AvgIpc) is 2.66. The van der Waals surface area contributed by atoms with Crippen molar-refractivity contribution < 1.29 is 5.11 Å². The van der Waals surface area contributed by atoms with Crippen molar-refractivity contribution in [3.8, 4) is 0 Å². The number of nitrogens with zero attached hydrogens (tertiary/aromatic N) is 2. The lowest BCUT2D eigenvalue weighted by molar-refractivity contribution is -0.0144. The second kappa shape index (κ2) is 4.71. The zero-order valence-corrected chi connectivity index (χ0v) is 11.9. The fourth-order valence-electron chi connectivity index (χ4n) is 2.52. The van der Waals surface area contributed by atoms with E-state index in [9.17, 15) is 5.11 Å². The molecule has 0 radical (unpaired) electrons. The maximum atomic E-state index is 10.8. The van der Waals surface area contributed by atoms with Gasteiger partial charge in [-0.3, -0.25) is 4.68 Å². The molecule has 0 atom stereocenters. The summed E-state index contributed by atoms with van der Waals surface area (Å²) >= 11 is 3.50. The monoisotopic (exact) mass is 301 g/mol. The molecule has 4 nitrogen and oxygen atoms in total. The van der Waals surface area contributed by atoms with Gasteiger partial charge in [0.25, 0.3) is 0 Å². The second-order valence-electron chi connectivity index (χ2n) is 5.25. The quantitative estimate of drug-likeness (QED) is 0.881. The van der Waals surface area contributed by atoms with Crippen molar-refractivity contribution in [2.24, 2.45) is 5.73 Å². The maximum absolute atomic E-state index is 10.8. The Bertz CT molecular complexity index is 394. The largest absolute Gasteiger partial charge is 0.384 e. The summed E-state index contributed by atoms with van der Waals surface area (Å²) in [5, 5.41) is 15.1. The summed E-state index contributed by atoms with van der Waals surface area (Å²) in [5.74, 6) is 0. The third-order valence-electron chi connectivity index (χ3n) is 3.54. The average molecular weight is 302 g/mol. The Morgan fingerprint density at radius 2 is 2.12 bits per heavy atom. The van der Waals surface area contributed by atoms with Crippen molar-refractivity contribution in [1.29, 1.82) is 0 Å². The molecular weight excluding hydrogens is 282 g/mol. The van der Waals surface area contributed by atoms with E-state index >= 15 is 0 Å². The van der Waals surface area contributed by atoms with Crippen molar-refractivity contribution in [2.45, 2.75) is 57.2 Å². The van der Waals surface area contributed by atoms with Gasteiger partial charge in [0, 0.05) is 12.1 Å². The van der Waals surface area contributed by atoms with Gasteiger partial charge in [-0.2, -0.15) is 5.10 Å². The van der Waals surface area contributed by atoms with E-state index in [4.69, 9.17) is 5.73 Å². The first-order valence-corrected chi connectivity index (χ1v) is 6.95. The Balaban J connectivity index is 2.35. The Morgan fingerprint density at radius 1 is 1.53 bits per heavy atom. The highest BCUT2D eigenvalue weighted by atomic mass is 79.9. The number of halogens is 1. The zero-order chi connectivity index (χ0) is 12.6. The summed E-state index contributed by atoms with van der Waals surface area (Å²) in [6.45, 7) is 4.14. The number of aliphatic hydroxyl groups is 1. The van der Waals surface area contributed by atoms with E-state index in [2.05, 4.69) is 34.9 Å². The van der Waals surface area contributed by atoms with Crippen LogP contribution >= 0.6 is 15.9 Å². The minimum absolute atomic E-state index is 0.226. The van der Waals surface area contributed by atoms with Gasteiger partial charge in [-0.25, -0.2) is 0 Å². The first-order chi connectivity index (χ1) is 7.94. The van der Waals surface area contributed by atoms with E-state index < -0.39 is 5.60 Å². The van der Waals surface area contributed by atoms with Crippen molar-refractivity contribution in [3.63, 3.8) is 0 Å². The highest BCUT2D eigenvalue weighted by molar-refractivity contribution is 9.10. The van der Waals surface area contributed by atoms with E-state index in [-0.39, 0.29) is 12.1 Å². The molecule has 3 N–H and O–H groups in total. The summed E-state index contributed by atoms with van der Waals surface area (Å²) in [6, 6.07) is 0.473. The molecule has 0 saturated heterocycles. The Labute approximate surface area is 110 Å². The number of rotatable bonds is 2. The zero-order valence-electron chi connectivity index (χ0n) is 10.4. The Morgan fingerprint density at radius 3 is 2.65 bits per heavy atom. The molecule has 0 unspecified atom stereocenters. The molecule has 2 rings (SSSR count). The third kappa shape index (κ3) is 2.41. The summed E-state index contributed by atoms with van der Waals surface area (Å²) < 4.78 is 2.80. The molecule has 96 valence electrons. The highest BCUT2D eigenvalue weighted by Gasteiger charge is 2.38. The minimum Gasteiger partial charge on any atom is -0.384 e. The van der Waals surface area contributed by atoms with Crippen molar-refractivity contribution >= 4 is 15.9 Å². The lowest BCUT2D eigenvalue weighted by Crippen LogP contribution is -2.38. The van der Waals surface area contributed by atoms with Gasteiger partial charge in [0.1, 0.15) is 5.60 Å². The van der Waals surface area contributed by atoms with Crippen molar-refractivity contribution in [2.75, 3.05) is 0 Å². The topological polar surface area (TPSA) is 64.1 Å². The summed E-state index contributed by atoms with van der Waals surface area (Å²) in [7, 11) is 0. The summed E-state index contributed by atoms with van der Waals surface area (Å²) in [5.41, 5.74) is 6.02. The number of aromatic nitrogens is 2. The lowest BCUT2D eigenvalue weighted by atomic mass is 9.80. The molecule has 0 amide bonds. The molecule has 17 heavy (non-hydrogen) atoms. The van der Waals surface area contributed by atoms with Crippen LogP contribution in [0.1, 0.15) is 51.3 Å². The van der Waals surface area contributed by atoms with E-state index in [1.165, 1.54) is 0 Å².